The second-order valence-corrected chi connectivity index (χ2v) is 16.5. The van der Waals surface area contributed by atoms with Crippen LogP contribution in [0.2, 0.25) is 0 Å². The minimum absolute atomic E-state index is 0. The van der Waals surface area contributed by atoms with Crippen LogP contribution in [0.15, 0.2) is 132 Å². The molecule has 3 nitrogen and oxygen atoms in total. The van der Waals surface area contributed by atoms with Gasteiger partial charge in [0.25, 0.3) is 0 Å². The van der Waals surface area contributed by atoms with Crippen molar-refractivity contribution in [1.29, 1.82) is 0 Å². The molecule has 0 fully saturated rings. The van der Waals surface area contributed by atoms with Gasteiger partial charge in [-0.3, -0.25) is 0 Å². The Morgan fingerprint density at radius 1 is 0.655 bits per heavy atom. The van der Waals surface area contributed by atoms with Crippen molar-refractivity contribution in [3.8, 4) is 33.6 Å². The number of hydrogen-bond donors (Lipinski definition) is 0. The molecule has 0 atom stereocenters. The molecule has 0 aliphatic carbocycles. The quantitative estimate of drug-likeness (QED) is 0.127. The summed E-state index contributed by atoms with van der Waals surface area (Å²) in [5.41, 5.74) is 9.19. The molecule has 0 unspecified atom stereocenters. The average Bonchev–Trinajstić information content (AvgIpc) is 3.62. The van der Waals surface area contributed by atoms with Gasteiger partial charge in [-0.05, 0) is 103 Å². The Hall–Kier alpha value is -5.41. The average molecular weight is 941 g/mol. The molecular weight excluding hydrogens is 885 g/mol. The molecule has 293 valence electrons. The summed E-state index contributed by atoms with van der Waals surface area (Å²) in [6.45, 7) is 10.2. The van der Waals surface area contributed by atoms with Crippen molar-refractivity contribution in [2.45, 2.75) is 79.4 Å². The van der Waals surface area contributed by atoms with E-state index in [-0.39, 0.29) is 42.6 Å². The number of furan rings is 1. The molecule has 3 aromatic heterocycles. The monoisotopic (exact) mass is 941 g/mol. The number of pyridine rings is 2. The SMILES string of the molecule is CC(C)(C)c1ccc(-c2[c-]cccc2)nc1.[2H]C([2H])([2H])c1cnc(-c2[c-]cc(C([2H])([2H])[2H])c3c2oc2cc4c(ccc5ccccc54)cc23)cc1-c1ccc(C(C)C)cc1C(C)C.[Ir]. The number of rotatable bonds is 5. The summed E-state index contributed by atoms with van der Waals surface area (Å²) >= 11 is 0. The molecule has 0 amide bonds. The van der Waals surface area contributed by atoms with E-state index in [4.69, 9.17) is 12.6 Å². The minimum atomic E-state index is -2.42. The summed E-state index contributed by atoms with van der Waals surface area (Å²) in [7, 11) is 0. The summed E-state index contributed by atoms with van der Waals surface area (Å²) in [4.78, 5) is 9.12. The first kappa shape index (κ1) is 33.6. The first-order valence-corrected chi connectivity index (χ1v) is 19.6. The van der Waals surface area contributed by atoms with Crippen LogP contribution in [-0.2, 0) is 25.5 Å². The van der Waals surface area contributed by atoms with Crippen LogP contribution < -0.4 is 0 Å². The van der Waals surface area contributed by atoms with Crippen LogP contribution in [-0.4, -0.2) is 9.97 Å². The van der Waals surface area contributed by atoms with Gasteiger partial charge in [-0.25, -0.2) is 0 Å². The molecule has 0 saturated carbocycles. The van der Waals surface area contributed by atoms with E-state index in [0.717, 1.165) is 43.9 Å². The Morgan fingerprint density at radius 2 is 1.43 bits per heavy atom. The Morgan fingerprint density at radius 3 is 2.14 bits per heavy atom. The molecule has 0 saturated heterocycles. The zero-order valence-corrected chi connectivity index (χ0v) is 36.3. The van der Waals surface area contributed by atoms with Crippen molar-refractivity contribution in [3.05, 3.63) is 168 Å². The number of benzene rings is 6. The van der Waals surface area contributed by atoms with Crippen LogP contribution in [0.1, 0.15) is 96.3 Å². The van der Waals surface area contributed by atoms with Crippen molar-refractivity contribution >= 4 is 43.5 Å². The molecule has 9 aromatic rings. The molecule has 9 rings (SSSR count). The van der Waals surface area contributed by atoms with Gasteiger partial charge < -0.3 is 14.4 Å². The van der Waals surface area contributed by atoms with Gasteiger partial charge in [0.1, 0.15) is 5.58 Å². The first-order chi connectivity index (χ1) is 29.8. The van der Waals surface area contributed by atoms with Crippen molar-refractivity contribution in [1.82, 2.24) is 9.97 Å². The third-order valence-electron chi connectivity index (χ3n) is 10.8. The van der Waals surface area contributed by atoms with Gasteiger partial charge in [-0.15, -0.1) is 53.6 Å². The zero-order chi connectivity index (χ0) is 45.0. The molecule has 1 radical (unpaired) electrons. The van der Waals surface area contributed by atoms with Crippen molar-refractivity contribution in [2.75, 3.05) is 0 Å². The van der Waals surface area contributed by atoms with E-state index in [2.05, 4.69) is 113 Å². The maximum atomic E-state index is 8.36. The molecule has 0 bridgehead atoms. The van der Waals surface area contributed by atoms with Gasteiger partial charge in [-0.2, -0.15) is 0 Å². The van der Waals surface area contributed by atoms with Gasteiger partial charge in [0.2, 0.25) is 0 Å². The third-order valence-corrected chi connectivity index (χ3v) is 10.8. The fourth-order valence-electron chi connectivity index (χ4n) is 7.54. The third kappa shape index (κ3) is 7.89. The smallest absolute Gasteiger partial charge is 0.121 e. The maximum absolute atomic E-state index is 8.36. The van der Waals surface area contributed by atoms with E-state index in [1.54, 1.807) is 6.07 Å². The summed E-state index contributed by atoms with van der Waals surface area (Å²) < 4.78 is 56.7. The maximum Gasteiger partial charge on any atom is 0.121 e. The normalized spacial score (nSPS) is 13.7. The van der Waals surface area contributed by atoms with E-state index in [0.29, 0.717) is 44.7 Å². The van der Waals surface area contributed by atoms with Gasteiger partial charge in [0.15, 0.2) is 0 Å². The van der Waals surface area contributed by atoms with Crippen molar-refractivity contribution < 1.29 is 32.7 Å². The van der Waals surface area contributed by atoms with Crippen LogP contribution in [0.3, 0.4) is 0 Å². The zero-order valence-electron chi connectivity index (χ0n) is 39.9. The standard InChI is InChI=1S/C39H34NO.C15H16N.Ir/c1-22(2)27-14-16-30(32(17-27)23(3)4)33-19-36(40-21-25(33)6)31-15-11-24(5)38-35-18-28-13-12-26-9-7-8-10-29(26)34(28)20-37(35)41-39(31)38;1-15(2,3)13-9-10-14(16-11-13)12-7-5-4-6-8-12;/h7-14,16-23H,1-6H3;4-7,9-11H,1-3H3;/q2*-1;/i5D3,6D3;;. The van der Waals surface area contributed by atoms with Crippen molar-refractivity contribution in [3.63, 3.8) is 0 Å². The Kier molecular flexibility index (Phi) is 9.52. The van der Waals surface area contributed by atoms with E-state index >= 15 is 0 Å². The number of aryl methyl sites for hydroxylation is 2. The molecule has 6 aromatic carbocycles. The van der Waals surface area contributed by atoms with Crippen LogP contribution >= 0.6 is 0 Å². The summed E-state index contributed by atoms with van der Waals surface area (Å²) in [6, 6.07) is 44.2. The summed E-state index contributed by atoms with van der Waals surface area (Å²) in [5.74, 6) is 0.459. The second-order valence-electron chi connectivity index (χ2n) is 16.5. The van der Waals surface area contributed by atoms with E-state index in [1.807, 2.05) is 66.9 Å². The van der Waals surface area contributed by atoms with E-state index < -0.39 is 13.7 Å². The van der Waals surface area contributed by atoms with Crippen LogP contribution in [0.5, 0.6) is 0 Å². The van der Waals surface area contributed by atoms with Crippen LogP contribution in [0.4, 0.5) is 0 Å². The molecule has 0 aliphatic rings. The Bertz CT molecular complexity index is 3130. The van der Waals surface area contributed by atoms with Gasteiger partial charge in [0, 0.05) is 46.1 Å². The first-order valence-electron chi connectivity index (χ1n) is 22.6. The van der Waals surface area contributed by atoms with Crippen LogP contribution in [0, 0.1) is 25.8 Å². The molecule has 0 aliphatic heterocycles. The predicted octanol–water partition coefficient (Wildman–Crippen LogP) is 15.1. The summed E-state index contributed by atoms with van der Waals surface area (Å²) in [6.07, 6.45) is 3.37. The van der Waals surface area contributed by atoms with Gasteiger partial charge >= 0.3 is 0 Å². The fraction of sp³-hybridized carbons (Fsp3) is 0.222. The Balaban J connectivity index is 0.000000304. The number of nitrogens with zero attached hydrogens (tertiary/aromatic N) is 2. The second kappa shape index (κ2) is 16.4. The number of fused-ring (bicyclic) bond motifs is 6. The summed E-state index contributed by atoms with van der Waals surface area (Å²) in [5, 5.41) is 5.32. The number of aromatic nitrogens is 2. The fourth-order valence-corrected chi connectivity index (χ4v) is 7.54. The van der Waals surface area contributed by atoms with E-state index in [9.17, 15) is 0 Å². The minimum Gasteiger partial charge on any atom is -0.501 e. The largest absolute Gasteiger partial charge is 0.501 e. The molecule has 3 heterocycles. The Labute approximate surface area is 365 Å². The molecular formula is C54H50IrN2O-2. The van der Waals surface area contributed by atoms with Crippen LogP contribution in [0.25, 0.3) is 77.1 Å². The molecule has 0 N–H and O–H groups in total. The molecule has 58 heavy (non-hydrogen) atoms. The molecule has 4 heteroatoms. The number of hydrogen-bond acceptors (Lipinski definition) is 3. The predicted molar refractivity (Wildman–Crippen MR) is 241 cm³/mol. The van der Waals surface area contributed by atoms with E-state index in [1.165, 1.54) is 23.4 Å². The van der Waals surface area contributed by atoms with Gasteiger partial charge in [0.05, 0.1) is 5.58 Å². The topological polar surface area (TPSA) is 38.9 Å². The van der Waals surface area contributed by atoms with Gasteiger partial charge in [-0.1, -0.05) is 139 Å². The molecule has 0 spiro atoms. The van der Waals surface area contributed by atoms with Crippen molar-refractivity contribution in [2.24, 2.45) is 0 Å².